The maximum absolute atomic E-state index is 11.0. The molecule has 0 fully saturated rings. The fraction of sp³-hybridized carbons (Fsp3) is 0.667. The van der Waals surface area contributed by atoms with Gasteiger partial charge in [-0.05, 0) is 13.3 Å². The molecule has 1 aromatic rings. The summed E-state index contributed by atoms with van der Waals surface area (Å²) in [6.07, 6.45) is 0.608. The molecule has 0 aliphatic rings. The predicted octanol–water partition coefficient (Wildman–Crippen LogP) is -0.278. The highest BCUT2D eigenvalue weighted by Crippen LogP contribution is 2.20. The number of aromatic amines is 1. The molecule has 0 spiro atoms. The molecule has 6 nitrogen and oxygen atoms in total. The lowest BCUT2D eigenvalue weighted by molar-refractivity contribution is 0.0815. The second-order valence-corrected chi connectivity index (χ2v) is 4.78. The maximum atomic E-state index is 11.0. The number of thioether (sulfide) groups is 1. The quantitative estimate of drug-likeness (QED) is 0.563. The van der Waals surface area contributed by atoms with Crippen molar-refractivity contribution in [1.82, 2.24) is 14.8 Å². The van der Waals surface area contributed by atoms with E-state index >= 15 is 0 Å². The van der Waals surface area contributed by atoms with Gasteiger partial charge in [-0.15, -0.1) is 0 Å². The Balaban J connectivity index is 2.87. The van der Waals surface area contributed by atoms with Gasteiger partial charge in [0.2, 0.25) is 0 Å². The summed E-state index contributed by atoms with van der Waals surface area (Å²) in [5, 5.41) is 12.5. The minimum absolute atomic E-state index is 0.387. The third-order valence-corrected chi connectivity index (χ3v) is 3.61. The highest BCUT2D eigenvalue weighted by Gasteiger charge is 2.19. The molecule has 1 rings (SSSR count). The van der Waals surface area contributed by atoms with Crippen molar-refractivity contribution in [1.29, 1.82) is 0 Å². The lowest BCUT2D eigenvalue weighted by atomic mass is 10.1. The normalized spacial score (nSPS) is 14.8. The summed E-state index contributed by atoms with van der Waals surface area (Å²) in [6, 6.07) is 0. The number of hydrogen-bond acceptors (Lipinski definition) is 5. The van der Waals surface area contributed by atoms with Crippen LogP contribution in [-0.4, -0.2) is 31.2 Å². The van der Waals surface area contributed by atoms with Crippen LogP contribution in [0.3, 0.4) is 0 Å². The Hall–Kier alpha value is -1.08. The van der Waals surface area contributed by atoms with Crippen molar-refractivity contribution in [3.63, 3.8) is 0 Å². The molecule has 0 saturated carbocycles. The number of aromatic nitrogens is 3. The smallest absolute Gasteiger partial charge is 0.339 e. The number of nitrogens with one attached hydrogen (secondary N) is 1. The number of aliphatic hydroxyl groups is 1. The van der Waals surface area contributed by atoms with E-state index in [1.54, 1.807) is 14.0 Å². The summed E-state index contributed by atoms with van der Waals surface area (Å²) in [4.78, 5) is 25.6. The van der Waals surface area contributed by atoms with Crippen molar-refractivity contribution in [2.75, 3.05) is 5.75 Å². The van der Waals surface area contributed by atoms with E-state index in [9.17, 15) is 14.7 Å². The number of hydrogen-bond donors (Lipinski definition) is 2. The van der Waals surface area contributed by atoms with Crippen LogP contribution in [0.4, 0.5) is 0 Å². The van der Waals surface area contributed by atoms with E-state index in [0.717, 1.165) is 0 Å². The van der Waals surface area contributed by atoms with Crippen molar-refractivity contribution in [2.24, 2.45) is 7.05 Å². The van der Waals surface area contributed by atoms with Gasteiger partial charge < -0.3 is 5.11 Å². The molecule has 90 valence electrons. The van der Waals surface area contributed by atoms with Gasteiger partial charge in [0.05, 0.1) is 5.60 Å². The first-order chi connectivity index (χ1) is 7.35. The van der Waals surface area contributed by atoms with Gasteiger partial charge in [-0.1, -0.05) is 18.7 Å². The third-order valence-electron chi connectivity index (χ3n) is 2.22. The Morgan fingerprint density at radius 2 is 2.19 bits per heavy atom. The Kier molecular flexibility index (Phi) is 3.93. The third kappa shape index (κ3) is 3.21. The standard InChI is InChI=1S/C9H15N3O3S/c1-4-9(2,15)5-16-8-10-6(13)7(14)11-12(8)3/h15H,4-5H2,1-3H3,(H,11,14). The van der Waals surface area contributed by atoms with Crippen LogP contribution in [0.2, 0.25) is 0 Å². The molecule has 0 radical (unpaired) electrons. The maximum Gasteiger partial charge on any atom is 0.339 e. The number of rotatable bonds is 4. The minimum Gasteiger partial charge on any atom is -0.389 e. The zero-order valence-corrected chi connectivity index (χ0v) is 10.3. The van der Waals surface area contributed by atoms with E-state index in [1.807, 2.05) is 6.92 Å². The van der Waals surface area contributed by atoms with Crippen LogP contribution in [0.15, 0.2) is 14.7 Å². The van der Waals surface area contributed by atoms with Gasteiger partial charge in [-0.2, -0.15) is 4.98 Å². The van der Waals surface area contributed by atoms with Crippen LogP contribution in [0.25, 0.3) is 0 Å². The van der Waals surface area contributed by atoms with Crippen LogP contribution in [-0.2, 0) is 7.05 Å². The Morgan fingerprint density at radius 3 is 2.75 bits per heavy atom. The van der Waals surface area contributed by atoms with Gasteiger partial charge in [0, 0.05) is 12.8 Å². The van der Waals surface area contributed by atoms with E-state index in [0.29, 0.717) is 17.3 Å². The van der Waals surface area contributed by atoms with Gasteiger partial charge in [0.25, 0.3) is 0 Å². The van der Waals surface area contributed by atoms with Crippen LogP contribution >= 0.6 is 11.8 Å². The molecule has 1 unspecified atom stereocenters. The van der Waals surface area contributed by atoms with Crippen LogP contribution < -0.4 is 11.1 Å². The van der Waals surface area contributed by atoms with Crippen LogP contribution in [0.1, 0.15) is 20.3 Å². The molecular formula is C9H15N3O3S. The summed E-state index contributed by atoms with van der Waals surface area (Å²) in [5.41, 5.74) is -2.36. The molecule has 0 amide bonds. The average molecular weight is 245 g/mol. The summed E-state index contributed by atoms with van der Waals surface area (Å²) in [7, 11) is 1.59. The molecule has 1 atom stereocenters. The van der Waals surface area contributed by atoms with Crippen molar-refractivity contribution in [2.45, 2.75) is 31.0 Å². The summed E-state index contributed by atoms with van der Waals surface area (Å²) < 4.78 is 1.38. The van der Waals surface area contributed by atoms with Crippen molar-refractivity contribution < 1.29 is 5.11 Å². The summed E-state index contributed by atoms with van der Waals surface area (Å²) in [6.45, 7) is 3.59. The van der Waals surface area contributed by atoms with Gasteiger partial charge in [0.1, 0.15) is 0 Å². The van der Waals surface area contributed by atoms with Crippen LogP contribution in [0, 0.1) is 0 Å². The summed E-state index contributed by atoms with van der Waals surface area (Å²) >= 11 is 1.23. The highest BCUT2D eigenvalue weighted by atomic mass is 32.2. The highest BCUT2D eigenvalue weighted by molar-refractivity contribution is 7.99. The first kappa shape index (κ1) is 13.0. The molecule has 2 N–H and O–H groups in total. The first-order valence-electron chi connectivity index (χ1n) is 4.88. The molecule has 0 aromatic carbocycles. The minimum atomic E-state index is -0.809. The van der Waals surface area contributed by atoms with E-state index in [4.69, 9.17) is 0 Å². The van der Waals surface area contributed by atoms with Gasteiger partial charge >= 0.3 is 11.1 Å². The van der Waals surface area contributed by atoms with E-state index in [-0.39, 0.29) is 0 Å². The van der Waals surface area contributed by atoms with Crippen molar-refractivity contribution in [3.8, 4) is 0 Å². The lowest BCUT2D eigenvalue weighted by Crippen LogP contribution is -2.34. The van der Waals surface area contributed by atoms with Gasteiger partial charge in [-0.3, -0.25) is 19.4 Å². The number of nitrogens with zero attached hydrogens (tertiary/aromatic N) is 2. The summed E-state index contributed by atoms with van der Waals surface area (Å²) in [5.74, 6) is 0.413. The Morgan fingerprint density at radius 1 is 1.56 bits per heavy atom. The predicted molar refractivity (Wildman–Crippen MR) is 61.7 cm³/mol. The molecule has 0 aliphatic carbocycles. The molecule has 1 heterocycles. The molecular weight excluding hydrogens is 230 g/mol. The first-order valence-corrected chi connectivity index (χ1v) is 5.87. The second-order valence-electron chi connectivity index (χ2n) is 3.84. The van der Waals surface area contributed by atoms with Crippen LogP contribution in [0.5, 0.6) is 0 Å². The average Bonchev–Trinajstić information content (AvgIpc) is 2.22. The molecule has 1 aromatic heterocycles. The van der Waals surface area contributed by atoms with E-state index < -0.39 is 16.7 Å². The second kappa shape index (κ2) is 4.84. The SMILES string of the molecule is CCC(C)(O)CSc1nc(=O)c(=O)[nH]n1C. The zero-order chi connectivity index (χ0) is 12.3. The van der Waals surface area contributed by atoms with Gasteiger partial charge in [0.15, 0.2) is 5.16 Å². The number of aryl methyl sites for hydroxylation is 1. The van der Waals surface area contributed by atoms with Crippen molar-refractivity contribution in [3.05, 3.63) is 20.7 Å². The zero-order valence-electron chi connectivity index (χ0n) is 9.48. The number of H-pyrrole nitrogens is 1. The monoisotopic (exact) mass is 245 g/mol. The van der Waals surface area contributed by atoms with Crippen molar-refractivity contribution >= 4 is 11.8 Å². The molecule has 16 heavy (non-hydrogen) atoms. The van der Waals surface area contributed by atoms with E-state index in [1.165, 1.54) is 16.4 Å². The largest absolute Gasteiger partial charge is 0.389 e. The fourth-order valence-corrected chi connectivity index (χ4v) is 1.94. The molecule has 7 heteroatoms. The Bertz CT molecular complexity index is 478. The lowest BCUT2D eigenvalue weighted by Gasteiger charge is -2.20. The topological polar surface area (TPSA) is 88.0 Å². The molecule has 0 saturated heterocycles. The Labute approximate surface area is 96.7 Å². The molecule has 0 bridgehead atoms. The van der Waals surface area contributed by atoms with Gasteiger partial charge in [-0.25, -0.2) is 0 Å². The molecule has 0 aliphatic heterocycles. The fourth-order valence-electron chi connectivity index (χ4n) is 0.912. The van der Waals surface area contributed by atoms with E-state index in [2.05, 4.69) is 10.1 Å².